The summed E-state index contributed by atoms with van der Waals surface area (Å²) in [5.74, 6) is 2.99. The molecular weight excluding hydrogens is 222 g/mol. The number of rotatable bonds is 2. The van der Waals surface area contributed by atoms with Crippen molar-refractivity contribution >= 4 is 5.78 Å². The molecule has 0 spiro atoms. The van der Waals surface area contributed by atoms with Gasteiger partial charge >= 0.3 is 0 Å². The van der Waals surface area contributed by atoms with Crippen LogP contribution in [0.5, 0.6) is 0 Å². The summed E-state index contributed by atoms with van der Waals surface area (Å²) in [5.41, 5.74) is 3.30. The van der Waals surface area contributed by atoms with Crippen LogP contribution in [-0.4, -0.2) is 10.4 Å². The van der Waals surface area contributed by atoms with Gasteiger partial charge in [0.15, 0.2) is 5.78 Å². The molecule has 0 N–H and O–H groups in total. The van der Waals surface area contributed by atoms with E-state index < -0.39 is 0 Å². The summed E-state index contributed by atoms with van der Waals surface area (Å²) >= 11 is 0. The van der Waals surface area contributed by atoms with Crippen LogP contribution in [-0.2, 0) is 6.42 Å². The van der Waals surface area contributed by atoms with E-state index in [1.54, 1.807) is 0 Å². The molecule has 2 heteroatoms. The predicted octanol–water partition coefficient (Wildman–Crippen LogP) is 3.54. The van der Waals surface area contributed by atoms with Gasteiger partial charge in [-0.2, -0.15) is 0 Å². The zero-order valence-corrected chi connectivity index (χ0v) is 11.7. The zero-order chi connectivity index (χ0) is 13.5. The van der Waals surface area contributed by atoms with Crippen LogP contribution in [0.15, 0.2) is 6.07 Å². The molecule has 0 amide bonds. The Labute approximate surface area is 109 Å². The van der Waals surface area contributed by atoms with Gasteiger partial charge in [0.2, 0.25) is 0 Å². The Bertz CT molecular complexity index is 528. The first kappa shape index (κ1) is 13.0. The number of terminal acetylenes is 1. The number of aryl methyl sites for hydroxylation is 1. The lowest BCUT2D eigenvalue weighted by atomic mass is 9.76. The average Bonchev–Trinajstić information content (AvgIpc) is 2.53. The lowest BCUT2D eigenvalue weighted by Crippen LogP contribution is -2.28. The smallest absolute Gasteiger partial charge is 0.165 e. The molecule has 0 radical (unpaired) electrons. The van der Waals surface area contributed by atoms with Gasteiger partial charge in [-0.05, 0) is 31.7 Å². The van der Waals surface area contributed by atoms with Crippen molar-refractivity contribution in [3.8, 4) is 12.3 Å². The zero-order valence-electron chi connectivity index (χ0n) is 11.7. The molecule has 0 bridgehead atoms. The maximum atomic E-state index is 12.2. The van der Waals surface area contributed by atoms with Crippen molar-refractivity contribution in [3.05, 3.63) is 23.0 Å². The van der Waals surface area contributed by atoms with Gasteiger partial charge in [0.1, 0.15) is 0 Å². The number of hydrogen-bond acceptors (Lipinski definition) is 1. The molecule has 1 aromatic rings. The second-order valence-corrected chi connectivity index (χ2v) is 6.21. The van der Waals surface area contributed by atoms with Crippen molar-refractivity contribution in [1.82, 2.24) is 4.57 Å². The SMILES string of the molecule is C#CCC(C)n1c(C)cc2c1CC(C)(C)CC2=O. The van der Waals surface area contributed by atoms with Gasteiger partial charge in [0.25, 0.3) is 0 Å². The molecule has 1 unspecified atom stereocenters. The highest BCUT2D eigenvalue weighted by Gasteiger charge is 2.34. The maximum absolute atomic E-state index is 12.2. The van der Waals surface area contributed by atoms with E-state index >= 15 is 0 Å². The van der Waals surface area contributed by atoms with E-state index in [9.17, 15) is 4.79 Å². The Morgan fingerprint density at radius 3 is 2.78 bits per heavy atom. The Kier molecular flexibility index (Phi) is 3.11. The van der Waals surface area contributed by atoms with Gasteiger partial charge in [0.05, 0.1) is 0 Å². The summed E-state index contributed by atoms with van der Waals surface area (Å²) in [7, 11) is 0. The number of carbonyl (C=O) groups excluding carboxylic acids is 1. The molecule has 2 rings (SSSR count). The Morgan fingerprint density at radius 1 is 1.50 bits per heavy atom. The van der Waals surface area contributed by atoms with Crippen LogP contribution in [0.3, 0.4) is 0 Å². The van der Waals surface area contributed by atoms with Gasteiger partial charge in [0, 0.05) is 35.8 Å². The average molecular weight is 243 g/mol. The third kappa shape index (κ3) is 2.10. The monoisotopic (exact) mass is 243 g/mol. The summed E-state index contributed by atoms with van der Waals surface area (Å²) in [4.78, 5) is 12.2. The molecule has 96 valence electrons. The van der Waals surface area contributed by atoms with Crippen LogP contribution in [0.2, 0.25) is 0 Å². The topological polar surface area (TPSA) is 22.0 Å². The number of nitrogens with zero attached hydrogens (tertiary/aromatic N) is 1. The minimum atomic E-state index is 0.0580. The molecule has 18 heavy (non-hydrogen) atoms. The Morgan fingerprint density at radius 2 is 2.17 bits per heavy atom. The van der Waals surface area contributed by atoms with Crippen LogP contribution >= 0.6 is 0 Å². The van der Waals surface area contributed by atoms with Crippen LogP contribution in [0.4, 0.5) is 0 Å². The van der Waals surface area contributed by atoms with E-state index in [1.165, 1.54) is 5.69 Å². The molecule has 1 aliphatic rings. The lowest BCUT2D eigenvalue weighted by Gasteiger charge is -2.31. The number of fused-ring (bicyclic) bond motifs is 1. The second kappa shape index (κ2) is 4.31. The van der Waals surface area contributed by atoms with Crippen molar-refractivity contribution in [2.45, 2.75) is 53.0 Å². The normalized spacial score (nSPS) is 19.2. The number of Topliss-reactive ketones (excluding diaryl/α,β-unsaturated/α-hetero) is 1. The van der Waals surface area contributed by atoms with Crippen molar-refractivity contribution in [1.29, 1.82) is 0 Å². The highest BCUT2D eigenvalue weighted by Crippen LogP contribution is 2.37. The van der Waals surface area contributed by atoms with E-state index in [0.29, 0.717) is 12.8 Å². The molecule has 0 saturated heterocycles. The van der Waals surface area contributed by atoms with Crippen molar-refractivity contribution in [3.63, 3.8) is 0 Å². The van der Waals surface area contributed by atoms with Gasteiger partial charge in [-0.15, -0.1) is 12.3 Å². The molecule has 0 fully saturated rings. The Hall–Kier alpha value is -1.49. The third-order valence-electron chi connectivity index (χ3n) is 3.77. The first-order valence-corrected chi connectivity index (χ1v) is 6.53. The highest BCUT2D eigenvalue weighted by molar-refractivity contribution is 5.99. The number of carbonyl (C=O) groups is 1. The van der Waals surface area contributed by atoms with Crippen molar-refractivity contribution < 1.29 is 4.79 Å². The van der Waals surface area contributed by atoms with E-state index in [-0.39, 0.29) is 17.2 Å². The third-order valence-corrected chi connectivity index (χ3v) is 3.77. The van der Waals surface area contributed by atoms with Crippen LogP contribution in [0.1, 0.15) is 61.4 Å². The summed E-state index contributed by atoms with van der Waals surface area (Å²) in [5, 5.41) is 0. The Balaban J connectivity index is 2.51. The van der Waals surface area contributed by atoms with E-state index in [0.717, 1.165) is 17.7 Å². The molecule has 1 aliphatic carbocycles. The predicted molar refractivity (Wildman–Crippen MR) is 73.8 cm³/mol. The van der Waals surface area contributed by atoms with E-state index in [2.05, 4.69) is 38.2 Å². The summed E-state index contributed by atoms with van der Waals surface area (Å²) in [6.45, 7) is 8.50. The quantitative estimate of drug-likeness (QED) is 0.728. The summed E-state index contributed by atoms with van der Waals surface area (Å²) < 4.78 is 2.26. The number of aromatic nitrogens is 1. The molecular formula is C16H21NO. The molecule has 0 aliphatic heterocycles. The van der Waals surface area contributed by atoms with Crippen LogP contribution in [0, 0.1) is 24.7 Å². The fraction of sp³-hybridized carbons (Fsp3) is 0.562. The molecule has 1 aromatic heterocycles. The first-order valence-electron chi connectivity index (χ1n) is 6.53. The molecule has 1 heterocycles. The molecule has 0 aromatic carbocycles. The van der Waals surface area contributed by atoms with Gasteiger partial charge in [-0.1, -0.05) is 13.8 Å². The maximum Gasteiger partial charge on any atom is 0.165 e. The molecule has 1 atom stereocenters. The van der Waals surface area contributed by atoms with Crippen LogP contribution < -0.4 is 0 Å². The van der Waals surface area contributed by atoms with E-state index in [4.69, 9.17) is 6.42 Å². The first-order chi connectivity index (χ1) is 8.35. The fourth-order valence-electron chi connectivity index (χ4n) is 3.05. The van der Waals surface area contributed by atoms with Crippen molar-refractivity contribution in [2.24, 2.45) is 5.41 Å². The summed E-state index contributed by atoms with van der Waals surface area (Å²) in [6, 6.07) is 2.29. The highest BCUT2D eigenvalue weighted by atomic mass is 16.1. The van der Waals surface area contributed by atoms with Crippen LogP contribution in [0.25, 0.3) is 0 Å². The van der Waals surface area contributed by atoms with Gasteiger partial charge < -0.3 is 4.57 Å². The molecule has 0 saturated carbocycles. The van der Waals surface area contributed by atoms with Gasteiger partial charge in [-0.25, -0.2) is 0 Å². The summed E-state index contributed by atoms with van der Waals surface area (Å²) in [6.07, 6.45) is 7.72. The minimum Gasteiger partial charge on any atom is -0.344 e. The largest absolute Gasteiger partial charge is 0.344 e. The number of hydrogen-bond donors (Lipinski definition) is 0. The van der Waals surface area contributed by atoms with E-state index in [1.807, 2.05) is 6.07 Å². The number of ketones is 1. The molecule has 2 nitrogen and oxygen atoms in total. The second-order valence-electron chi connectivity index (χ2n) is 6.21. The van der Waals surface area contributed by atoms with Crippen molar-refractivity contribution in [2.75, 3.05) is 0 Å². The minimum absolute atomic E-state index is 0.0580. The lowest BCUT2D eigenvalue weighted by molar-refractivity contribution is 0.0909. The fourth-order valence-corrected chi connectivity index (χ4v) is 3.05. The van der Waals surface area contributed by atoms with Gasteiger partial charge in [-0.3, -0.25) is 4.79 Å². The standard InChI is InChI=1S/C16H21NO/c1-6-7-11(2)17-12(3)8-13-14(17)9-16(4,5)10-15(13)18/h1,8,11H,7,9-10H2,2-5H3.